The third-order valence-corrected chi connectivity index (χ3v) is 2.31. The van der Waals surface area contributed by atoms with E-state index >= 15 is 0 Å². The Labute approximate surface area is 70.1 Å². The topological polar surface area (TPSA) is 0 Å². The molecular formula is C9H18S. The predicted octanol–water partition coefficient (Wildman–Crippen LogP) is 3.79. The average Bonchev–Trinajstić information content (AvgIpc) is 2.00. The molecule has 0 atom stereocenters. The molecule has 1 heteroatoms. The molecule has 60 valence electrons. The standard InChI is InChI=1S/C7H12S.C2H6/c1-6-4-2-3-5-7(6)8;1-2/h8H,2-5H2,1H3;1-2H3. The van der Waals surface area contributed by atoms with Gasteiger partial charge in [0.1, 0.15) is 0 Å². The van der Waals surface area contributed by atoms with Crippen molar-refractivity contribution in [2.24, 2.45) is 0 Å². The van der Waals surface area contributed by atoms with Crippen molar-refractivity contribution in [2.75, 3.05) is 0 Å². The highest BCUT2D eigenvalue weighted by Gasteiger charge is 2.03. The van der Waals surface area contributed by atoms with E-state index in [9.17, 15) is 0 Å². The van der Waals surface area contributed by atoms with Crippen molar-refractivity contribution in [3.05, 3.63) is 10.5 Å². The monoisotopic (exact) mass is 158 g/mol. The van der Waals surface area contributed by atoms with E-state index in [1.54, 1.807) is 0 Å². The van der Waals surface area contributed by atoms with Gasteiger partial charge in [0.2, 0.25) is 0 Å². The lowest BCUT2D eigenvalue weighted by Gasteiger charge is -2.11. The van der Waals surface area contributed by atoms with Gasteiger partial charge in [-0.05, 0) is 37.5 Å². The first kappa shape index (κ1) is 10.1. The largest absolute Gasteiger partial charge is 0.148 e. The van der Waals surface area contributed by atoms with E-state index in [-0.39, 0.29) is 0 Å². The maximum absolute atomic E-state index is 4.34. The Kier molecular flexibility index (Phi) is 5.90. The van der Waals surface area contributed by atoms with Crippen LogP contribution >= 0.6 is 12.6 Å². The number of thiol groups is 1. The summed E-state index contributed by atoms with van der Waals surface area (Å²) in [6, 6.07) is 0. The smallest absolute Gasteiger partial charge is 0.0195 e. The van der Waals surface area contributed by atoms with Crippen LogP contribution in [0.3, 0.4) is 0 Å². The second kappa shape index (κ2) is 5.84. The highest BCUT2D eigenvalue weighted by Crippen LogP contribution is 2.25. The molecule has 0 saturated heterocycles. The van der Waals surface area contributed by atoms with Gasteiger partial charge in [-0.15, -0.1) is 12.6 Å². The van der Waals surface area contributed by atoms with Crippen molar-refractivity contribution in [1.82, 2.24) is 0 Å². The normalized spacial score (nSPS) is 18.0. The third-order valence-electron chi connectivity index (χ3n) is 1.71. The summed E-state index contributed by atoms with van der Waals surface area (Å²) < 4.78 is 0. The Morgan fingerprint density at radius 2 is 1.60 bits per heavy atom. The van der Waals surface area contributed by atoms with Crippen molar-refractivity contribution >= 4 is 12.6 Å². The number of allylic oxidation sites excluding steroid dienone is 2. The molecule has 1 aliphatic rings. The molecule has 10 heavy (non-hydrogen) atoms. The van der Waals surface area contributed by atoms with Crippen LogP contribution in [0.5, 0.6) is 0 Å². The predicted molar refractivity (Wildman–Crippen MR) is 51.5 cm³/mol. The lowest BCUT2D eigenvalue weighted by molar-refractivity contribution is 0.695. The molecule has 1 rings (SSSR count). The van der Waals surface area contributed by atoms with Gasteiger partial charge < -0.3 is 0 Å². The molecule has 0 nitrogen and oxygen atoms in total. The van der Waals surface area contributed by atoms with Gasteiger partial charge in [-0.25, -0.2) is 0 Å². The zero-order chi connectivity index (χ0) is 7.98. The first-order chi connectivity index (χ1) is 4.80. The number of hydrogen-bond donors (Lipinski definition) is 1. The second-order valence-electron chi connectivity index (χ2n) is 2.43. The Morgan fingerprint density at radius 1 is 1.10 bits per heavy atom. The molecule has 0 aromatic heterocycles. The van der Waals surface area contributed by atoms with Crippen LogP contribution in [0, 0.1) is 0 Å². The SMILES string of the molecule is CC.CC1=C(S)CCCC1. The summed E-state index contributed by atoms with van der Waals surface area (Å²) in [5.74, 6) is 0. The van der Waals surface area contributed by atoms with Crippen LogP contribution in [0.4, 0.5) is 0 Å². The van der Waals surface area contributed by atoms with Gasteiger partial charge in [0, 0.05) is 0 Å². The van der Waals surface area contributed by atoms with Gasteiger partial charge in [0.05, 0.1) is 0 Å². The van der Waals surface area contributed by atoms with Crippen LogP contribution in [0.2, 0.25) is 0 Å². The van der Waals surface area contributed by atoms with Crippen molar-refractivity contribution < 1.29 is 0 Å². The van der Waals surface area contributed by atoms with Crippen molar-refractivity contribution in [3.8, 4) is 0 Å². The minimum absolute atomic E-state index is 1.22. The Hall–Kier alpha value is 0.0900. The van der Waals surface area contributed by atoms with Crippen LogP contribution in [0.25, 0.3) is 0 Å². The van der Waals surface area contributed by atoms with Crippen molar-refractivity contribution in [1.29, 1.82) is 0 Å². The molecular weight excluding hydrogens is 140 g/mol. The van der Waals surface area contributed by atoms with E-state index in [1.165, 1.54) is 36.2 Å². The zero-order valence-electron chi connectivity index (χ0n) is 7.28. The Bertz CT molecular complexity index is 99.9. The van der Waals surface area contributed by atoms with Gasteiger partial charge >= 0.3 is 0 Å². The molecule has 0 heterocycles. The highest BCUT2D eigenvalue weighted by molar-refractivity contribution is 7.84. The molecule has 0 fully saturated rings. The first-order valence-corrected chi connectivity index (χ1v) is 4.63. The summed E-state index contributed by atoms with van der Waals surface area (Å²) in [5.41, 5.74) is 1.50. The van der Waals surface area contributed by atoms with E-state index in [0.717, 1.165) is 0 Å². The Morgan fingerprint density at radius 3 is 1.90 bits per heavy atom. The van der Waals surface area contributed by atoms with Crippen LogP contribution in [0.1, 0.15) is 46.5 Å². The molecule has 0 N–H and O–H groups in total. The zero-order valence-corrected chi connectivity index (χ0v) is 8.17. The molecule has 0 amide bonds. The molecule has 0 aromatic carbocycles. The third kappa shape index (κ3) is 3.31. The fourth-order valence-corrected chi connectivity index (χ4v) is 1.31. The lowest BCUT2D eigenvalue weighted by Crippen LogP contribution is -1.90. The van der Waals surface area contributed by atoms with Gasteiger partial charge in [0.25, 0.3) is 0 Å². The minimum Gasteiger partial charge on any atom is -0.148 e. The maximum atomic E-state index is 4.34. The van der Waals surface area contributed by atoms with Crippen LogP contribution in [0.15, 0.2) is 10.5 Å². The first-order valence-electron chi connectivity index (χ1n) is 4.18. The van der Waals surface area contributed by atoms with Gasteiger partial charge in [-0.3, -0.25) is 0 Å². The Balaban J connectivity index is 0.000000371. The van der Waals surface area contributed by atoms with Crippen LogP contribution < -0.4 is 0 Å². The van der Waals surface area contributed by atoms with Crippen molar-refractivity contribution in [3.63, 3.8) is 0 Å². The molecule has 0 bridgehead atoms. The van der Waals surface area contributed by atoms with E-state index in [2.05, 4.69) is 19.6 Å². The number of hydrogen-bond acceptors (Lipinski definition) is 1. The van der Waals surface area contributed by atoms with Gasteiger partial charge in [-0.2, -0.15) is 0 Å². The van der Waals surface area contributed by atoms with Crippen molar-refractivity contribution in [2.45, 2.75) is 46.5 Å². The maximum Gasteiger partial charge on any atom is -0.0195 e. The molecule has 1 aliphatic carbocycles. The highest BCUT2D eigenvalue weighted by atomic mass is 32.1. The second-order valence-corrected chi connectivity index (χ2v) is 2.97. The number of rotatable bonds is 0. The molecule has 0 aliphatic heterocycles. The molecule has 0 radical (unpaired) electrons. The fourth-order valence-electron chi connectivity index (χ4n) is 1.04. The lowest BCUT2D eigenvalue weighted by atomic mass is 10.0. The van der Waals surface area contributed by atoms with E-state index in [4.69, 9.17) is 0 Å². The summed E-state index contributed by atoms with van der Waals surface area (Å²) >= 11 is 4.34. The molecule has 0 saturated carbocycles. The van der Waals surface area contributed by atoms with E-state index in [1.807, 2.05) is 13.8 Å². The van der Waals surface area contributed by atoms with E-state index < -0.39 is 0 Å². The molecule has 0 unspecified atom stereocenters. The fraction of sp³-hybridized carbons (Fsp3) is 0.778. The summed E-state index contributed by atoms with van der Waals surface area (Å²) in [6.45, 7) is 6.18. The minimum atomic E-state index is 1.22. The molecule has 0 aromatic rings. The summed E-state index contributed by atoms with van der Waals surface area (Å²) in [5, 5.41) is 0. The van der Waals surface area contributed by atoms with Crippen LogP contribution in [-0.2, 0) is 0 Å². The summed E-state index contributed by atoms with van der Waals surface area (Å²) in [7, 11) is 0. The van der Waals surface area contributed by atoms with Crippen LogP contribution in [-0.4, -0.2) is 0 Å². The molecule has 0 spiro atoms. The summed E-state index contributed by atoms with van der Waals surface area (Å²) in [4.78, 5) is 1.33. The average molecular weight is 158 g/mol. The van der Waals surface area contributed by atoms with Gasteiger partial charge in [-0.1, -0.05) is 19.4 Å². The van der Waals surface area contributed by atoms with E-state index in [0.29, 0.717) is 0 Å². The van der Waals surface area contributed by atoms with Gasteiger partial charge in [0.15, 0.2) is 0 Å². The summed E-state index contributed by atoms with van der Waals surface area (Å²) in [6.07, 6.45) is 5.21. The quantitative estimate of drug-likeness (QED) is 0.509.